The van der Waals surface area contributed by atoms with Gasteiger partial charge in [0.05, 0.1) is 11.1 Å². The van der Waals surface area contributed by atoms with Crippen LogP contribution in [0.4, 0.5) is 0 Å². The first-order chi connectivity index (χ1) is 17.4. The fourth-order valence-electron chi connectivity index (χ4n) is 5.07. The van der Waals surface area contributed by atoms with Crippen molar-refractivity contribution in [2.24, 2.45) is 0 Å². The number of piperidine rings is 2. The highest BCUT2D eigenvalue weighted by atomic mass is 32.2. The van der Waals surface area contributed by atoms with E-state index in [0.717, 1.165) is 35.3 Å². The van der Waals surface area contributed by atoms with Crippen LogP contribution in [0.25, 0.3) is 0 Å². The van der Waals surface area contributed by atoms with Crippen molar-refractivity contribution in [2.45, 2.75) is 50.1 Å². The van der Waals surface area contributed by atoms with E-state index < -0.39 is 29.7 Å². The van der Waals surface area contributed by atoms with Crippen LogP contribution < -0.4 is 10.1 Å². The second-order valence-corrected chi connectivity index (χ2v) is 10.6. The van der Waals surface area contributed by atoms with Gasteiger partial charge in [-0.15, -0.1) is 0 Å². The Kier molecular flexibility index (Phi) is 7.11. The summed E-state index contributed by atoms with van der Waals surface area (Å²) in [6.07, 6.45) is 4.86. The van der Waals surface area contributed by atoms with Gasteiger partial charge in [0.2, 0.25) is 11.8 Å². The van der Waals surface area contributed by atoms with Crippen LogP contribution in [-0.2, 0) is 22.7 Å². The average molecular weight is 508 g/mol. The zero-order chi connectivity index (χ0) is 25.2. The molecule has 9 heteroatoms. The molecule has 4 amide bonds. The number of hydrogen-bond donors (Lipinski definition) is 1. The Labute approximate surface area is 214 Å². The topological polar surface area (TPSA) is 96.0 Å². The van der Waals surface area contributed by atoms with E-state index in [1.54, 1.807) is 18.2 Å². The van der Waals surface area contributed by atoms with Gasteiger partial charge in [0.1, 0.15) is 18.4 Å². The molecule has 1 unspecified atom stereocenters. The predicted molar refractivity (Wildman–Crippen MR) is 136 cm³/mol. The normalized spacial score (nSPS) is 21.0. The summed E-state index contributed by atoms with van der Waals surface area (Å²) in [5, 5.41) is 2.99. The molecule has 2 saturated heterocycles. The van der Waals surface area contributed by atoms with Crippen LogP contribution in [0.3, 0.4) is 0 Å². The Morgan fingerprint density at radius 3 is 2.36 bits per heavy atom. The van der Waals surface area contributed by atoms with E-state index >= 15 is 0 Å². The maximum Gasteiger partial charge on any atom is 0.266 e. The van der Waals surface area contributed by atoms with Gasteiger partial charge in [0.25, 0.3) is 11.8 Å². The zero-order valence-corrected chi connectivity index (χ0v) is 21.0. The molecule has 0 aromatic heterocycles. The summed E-state index contributed by atoms with van der Waals surface area (Å²) >= 11 is 1.96. The minimum Gasteiger partial charge on any atom is -0.488 e. The van der Waals surface area contributed by atoms with Gasteiger partial charge >= 0.3 is 0 Å². The van der Waals surface area contributed by atoms with Crippen molar-refractivity contribution < 1.29 is 23.9 Å². The zero-order valence-electron chi connectivity index (χ0n) is 20.2. The third-order valence-electron chi connectivity index (χ3n) is 7.12. The fraction of sp³-hybridized carbons (Fsp3) is 0.407. The van der Waals surface area contributed by atoms with Crippen molar-refractivity contribution in [3.63, 3.8) is 0 Å². The van der Waals surface area contributed by atoms with Crippen molar-refractivity contribution >= 4 is 35.4 Å². The van der Waals surface area contributed by atoms with Crippen LogP contribution in [0.2, 0.25) is 0 Å². The molecule has 2 aromatic rings. The number of benzene rings is 2. The lowest BCUT2D eigenvalue weighted by molar-refractivity contribution is -0.136. The highest BCUT2D eigenvalue weighted by Gasteiger charge is 2.46. The van der Waals surface area contributed by atoms with Gasteiger partial charge < -0.3 is 4.74 Å². The first kappa shape index (κ1) is 24.5. The molecule has 0 spiro atoms. The fourth-order valence-corrected chi connectivity index (χ4v) is 5.75. The quantitative estimate of drug-likeness (QED) is 0.576. The number of rotatable bonds is 7. The Balaban J connectivity index is 1.23. The Morgan fingerprint density at radius 1 is 0.944 bits per heavy atom. The Morgan fingerprint density at radius 2 is 1.67 bits per heavy atom. The molecule has 0 saturated carbocycles. The molecule has 2 aromatic carbocycles. The summed E-state index contributed by atoms with van der Waals surface area (Å²) in [6.45, 7) is 3.42. The molecule has 3 aliphatic heterocycles. The smallest absolute Gasteiger partial charge is 0.266 e. The van der Waals surface area contributed by atoms with Gasteiger partial charge in [-0.25, -0.2) is 0 Å². The number of carbonyl (C=O) groups excluding carboxylic acids is 4. The average Bonchev–Trinajstić information content (AvgIpc) is 3.14. The molecule has 0 bridgehead atoms. The van der Waals surface area contributed by atoms with Crippen LogP contribution in [0.5, 0.6) is 5.75 Å². The largest absolute Gasteiger partial charge is 0.488 e. The van der Waals surface area contributed by atoms with Gasteiger partial charge in [0, 0.05) is 18.2 Å². The molecular formula is C27H29N3O5S. The summed E-state index contributed by atoms with van der Waals surface area (Å²) in [6, 6.07) is 12.1. The summed E-state index contributed by atoms with van der Waals surface area (Å²) in [5.74, 6) is -1.83. The number of nitrogens with zero attached hydrogens (tertiary/aromatic N) is 2. The second kappa shape index (κ2) is 10.4. The van der Waals surface area contributed by atoms with Crippen LogP contribution in [0.15, 0.2) is 42.5 Å². The van der Waals surface area contributed by atoms with E-state index in [4.69, 9.17) is 4.74 Å². The molecule has 1 N–H and O–H groups in total. The lowest BCUT2D eigenvalue weighted by atomic mass is 10.0. The molecule has 36 heavy (non-hydrogen) atoms. The third-order valence-corrected chi connectivity index (χ3v) is 8.26. The van der Waals surface area contributed by atoms with Crippen molar-refractivity contribution in [1.82, 2.24) is 15.1 Å². The second-order valence-electron chi connectivity index (χ2n) is 9.44. The van der Waals surface area contributed by atoms with Crippen molar-refractivity contribution in [2.75, 3.05) is 19.3 Å². The molecule has 3 aliphatic rings. The Bertz CT molecular complexity index is 1190. The first-order valence-corrected chi connectivity index (χ1v) is 13.5. The van der Waals surface area contributed by atoms with E-state index in [1.165, 1.54) is 18.4 Å². The third kappa shape index (κ3) is 4.90. The number of hydrogen-bond acceptors (Lipinski definition) is 7. The molecule has 0 radical (unpaired) electrons. The van der Waals surface area contributed by atoms with Crippen LogP contribution in [0, 0.1) is 0 Å². The summed E-state index contributed by atoms with van der Waals surface area (Å²) in [4.78, 5) is 53.4. The molecule has 2 fully saturated rings. The van der Waals surface area contributed by atoms with Gasteiger partial charge in [-0.3, -0.25) is 34.3 Å². The van der Waals surface area contributed by atoms with Crippen molar-refractivity contribution in [1.29, 1.82) is 0 Å². The van der Waals surface area contributed by atoms with Crippen molar-refractivity contribution in [3.05, 3.63) is 64.7 Å². The minimum atomic E-state index is -0.998. The van der Waals surface area contributed by atoms with E-state index in [9.17, 15) is 19.2 Å². The molecule has 1 atom stereocenters. The number of nitrogens with one attached hydrogen (secondary N) is 1. The highest BCUT2D eigenvalue weighted by molar-refractivity contribution is 7.99. The number of likely N-dealkylation sites (tertiary alicyclic amines) is 1. The summed E-state index contributed by atoms with van der Waals surface area (Å²) in [5.41, 5.74) is 2.58. The van der Waals surface area contributed by atoms with Crippen molar-refractivity contribution in [3.8, 4) is 5.75 Å². The monoisotopic (exact) mass is 507 g/mol. The minimum absolute atomic E-state index is 0.0826. The number of fused-ring (bicyclic) bond motifs is 1. The highest BCUT2D eigenvalue weighted by Crippen LogP contribution is 2.34. The summed E-state index contributed by atoms with van der Waals surface area (Å²) in [7, 11) is 0. The standard InChI is InChI=1S/C27H29N3O5S/c1-36-19-11-13-29(14-12-19)15-17-5-7-18(8-6-17)16-35-22-4-2-3-20-24(22)27(34)30(26(20)33)21-9-10-23(31)28-25(21)32/h2-8,19,21H,9-16H2,1H3,(H,28,31,32). The lowest BCUT2D eigenvalue weighted by Gasteiger charge is -2.31. The number of imide groups is 2. The number of ether oxygens (including phenoxy) is 1. The van der Waals surface area contributed by atoms with Gasteiger partial charge in [-0.2, -0.15) is 11.8 Å². The maximum absolute atomic E-state index is 13.2. The van der Waals surface area contributed by atoms with Crippen LogP contribution in [0.1, 0.15) is 57.5 Å². The van der Waals surface area contributed by atoms with Crippen LogP contribution in [-0.4, -0.2) is 64.1 Å². The van der Waals surface area contributed by atoms with E-state index in [-0.39, 0.29) is 30.6 Å². The molecule has 0 aliphatic carbocycles. The summed E-state index contributed by atoms with van der Waals surface area (Å²) < 4.78 is 5.98. The maximum atomic E-state index is 13.2. The number of thioether (sulfide) groups is 1. The molecule has 188 valence electrons. The first-order valence-electron chi connectivity index (χ1n) is 12.2. The van der Waals surface area contributed by atoms with Gasteiger partial charge in [-0.05, 0) is 61.9 Å². The molecule has 5 rings (SSSR count). The van der Waals surface area contributed by atoms with E-state index in [0.29, 0.717) is 5.75 Å². The molecule has 8 nitrogen and oxygen atoms in total. The predicted octanol–water partition coefficient (Wildman–Crippen LogP) is 2.99. The SMILES string of the molecule is CSC1CCN(Cc2ccc(COc3cccc4c3C(=O)N(C3CCC(=O)NC3=O)C4=O)cc2)CC1. The number of carbonyl (C=O) groups is 4. The Hall–Kier alpha value is -3.17. The van der Waals surface area contributed by atoms with E-state index in [1.807, 2.05) is 23.9 Å². The molecule has 3 heterocycles. The van der Waals surface area contributed by atoms with Crippen LogP contribution >= 0.6 is 11.8 Å². The lowest BCUT2D eigenvalue weighted by Crippen LogP contribution is -2.54. The van der Waals surface area contributed by atoms with Gasteiger partial charge in [0.15, 0.2) is 0 Å². The number of amides is 4. The van der Waals surface area contributed by atoms with Gasteiger partial charge in [-0.1, -0.05) is 30.3 Å². The molecular weight excluding hydrogens is 478 g/mol. The van der Waals surface area contributed by atoms with E-state index in [2.05, 4.69) is 28.6 Å².